The van der Waals surface area contributed by atoms with Crippen molar-refractivity contribution >= 4 is 10.2 Å². The van der Waals surface area contributed by atoms with Gasteiger partial charge < -0.3 is 18.9 Å². The van der Waals surface area contributed by atoms with Gasteiger partial charge in [0, 0.05) is 27.1 Å². The van der Waals surface area contributed by atoms with Crippen LogP contribution in [0.2, 0.25) is 0 Å². The molecular formula is C12H25O4Si. The lowest BCUT2D eigenvalue weighted by Gasteiger charge is -2.34. The van der Waals surface area contributed by atoms with Crippen molar-refractivity contribution in [1.29, 1.82) is 0 Å². The van der Waals surface area contributed by atoms with Gasteiger partial charge in [-0.05, 0) is 27.7 Å². The summed E-state index contributed by atoms with van der Waals surface area (Å²) < 4.78 is 21.8. The van der Waals surface area contributed by atoms with E-state index in [1.165, 1.54) is 0 Å². The number of ether oxygens (including phenoxy) is 4. The van der Waals surface area contributed by atoms with Crippen LogP contribution in [0.4, 0.5) is 0 Å². The molecule has 101 valence electrons. The smallest absolute Gasteiger partial charge is 0.157 e. The van der Waals surface area contributed by atoms with Gasteiger partial charge in [-0.1, -0.05) is 0 Å². The Hall–Kier alpha value is 0.0569. The average molecular weight is 261 g/mol. The zero-order chi connectivity index (χ0) is 13.5. The van der Waals surface area contributed by atoms with Gasteiger partial charge in [0.05, 0.1) is 12.2 Å². The van der Waals surface area contributed by atoms with Crippen LogP contribution >= 0.6 is 0 Å². The van der Waals surface area contributed by atoms with Crippen molar-refractivity contribution < 1.29 is 18.9 Å². The van der Waals surface area contributed by atoms with Crippen LogP contribution in [0.25, 0.3) is 0 Å². The molecule has 0 amide bonds. The van der Waals surface area contributed by atoms with E-state index in [0.29, 0.717) is 12.8 Å². The minimum absolute atomic E-state index is 0.0785. The Morgan fingerprint density at radius 2 is 1.35 bits per heavy atom. The molecule has 0 aliphatic rings. The Labute approximate surface area is 108 Å². The molecule has 17 heavy (non-hydrogen) atoms. The molecule has 0 aliphatic carbocycles. The maximum absolute atomic E-state index is 5.77. The first-order valence-electron chi connectivity index (χ1n) is 5.99. The molecule has 5 heteroatoms. The van der Waals surface area contributed by atoms with Gasteiger partial charge in [-0.3, -0.25) is 0 Å². The van der Waals surface area contributed by atoms with Gasteiger partial charge in [-0.25, -0.2) is 0 Å². The van der Waals surface area contributed by atoms with Crippen LogP contribution in [0.3, 0.4) is 0 Å². The van der Waals surface area contributed by atoms with Gasteiger partial charge >= 0.3 is 0 Å². The molecule has 0 aromatic rings. The molecule has 0 aromatic heterocycles. The summed E-state index contributed by atoms with van der Waals surface area (Å²) in [6.07, 6.45) is 1.25. The van der Waals surface area contributed by atoms with Crippen LogP contribution < -0.4 is 0 Å². The van der Waals surface area contributed by atoms with Crippen molar-refractivity contribution in [2.75, 3.05) is 14.2 Å². The third-order valence-corrected chi connectivity index (χ3v) is 2.57. The number of rotatable bonds is 9. The fourth-order valence-corrected chi connectivity index (χ4v) is 2.16. The normalized spacial score (nSPS) is 13.1. The molecule has 4 nitrogen and oxygen atoms in total. The molecule has 0 rings (SSSR count). The molecule has 0 saturated carbocycles. The Kier molecular flexibility index (Phi) is 8.24. The van der Waals surface area contributed by atoms with Gasteiger partial charge in [0.25, 0.3) is 0 Å². The van der Waals surface area contributed by atoms with E-state index in [2.05, 4.69) is 10.2 Å². The van der Waals surface area contributed by atoms with E-state index in [4.69, 9.17) is 18.9 Å². The van der Waals surface area contributed by atoms with E-state index in [1.54, 1.807) is 14.2 Å². The lowest BCUT2D eigenvalue weighted by atomic mass is 10.2. The molecule has 0 unspecified atom stereocenters. The highest BCUT2D eigenvalue weighted by molar-refractivity contribution is 6.13. The Morgan fingerprint density at radius 3 is 1.65 bits per heavy atom. The predicted octanol–water partition coefficient (Wildman–Crippen LogP) is 2.06. The highest BCUT2D eigenvalue weighted by atomic mass is 28.1. The SMILES string of the molecule is COC(CCC([Si])(OC(C)C)OC(C)C)OC. The fourth-order valence-electron chi connectivity index (χ4n) is 1.55. The number of hydrogen-bond donors (Lipinski definition) is 0. The zero-order valence-electron chi connectivity index (χ0n) is 11.8. The van der Waals surface area contributed by atoms with Crippen LogP contribution in [0.5, 0.6) is 0 Å². The van der Waals surface area contributed by atoms with Crippen molar-refractivity contribution in [3.8, 4) is 0 Å². The largest absolute Gasteiger partial charge is 0.356 e. The average Bonchev–Trinajstić information content (AvgIpc) is 2.16. The van der Waals surface area contributed by atoms with Gasteiger partial charge in [-0.15, -0.1) is 0 Å². The standard InChI is InChI=1S/C12H25O4Si/c1-9(2)15-12(17,16-10(3)4)8-7-11(13-5)14-6/h9-11H,7-8H2,1-6H3. The summed E-state index contributed by atoms with van der Waals surface area (Å²) in [6, 6.07) is 0. The van der Waals surface area contributed by atoms with E-state index in [9.17, 15) is 0 Å². The molecule has 0 saturated heterocycles. The van der Waals surface area contributed by atoms with E-state index < -0.39 is 5.41 Å². The minimum Gasteiger partial charge on any atom is -0.356 e. The van der Waals surface area contributed by atoms with E-state index >= 15 is 0 Å². The summed E-state index contributed by atoms with van der Waals surface area (Å²) in [4.78, 5) is 0. The van der Waals surface area contributed by atoms with Crippen LogP contribution in [-0.2, 0) is 18.9 Å². The third kappa shape index (κ3) is 7.89. The quantitative estimate of drug-likeness (QED) is 0.470. The molecule has 0 aliphatic heterocycles. The Balaban J connectivity index is 4.36. The number of hydrogen-bond acceptors (Lipinski definition) is 4. The summed E-state index contributed by atoms with van der Waals surface area (Å²) in [6.45, 7) is 7.90. The first-order chi connectivity index (χ1) is 7.83. The lowest BCUT2D eigenvalue weighted by Crippen LogP contribution is -2.41. The van der Waals surface area contributed by atoms with E-state index in [-0.39, 0.29) is 18.5 Å². The first-order valence-corrected chi connectivity index (χ1v) is 6.49. The molecule has 0 atom stereocenters. The zero-order valence-corrected chi connectivity index (χ0v) is 12.8. The molecule has 0 spiro atoms. The van der Waals surface area contributed by atoms with Gasteiger partial charge in [0.1, 0.15) is 15.7 Å². The maximum Gasteiger partial charge on any atom is 0.157 e. The lowest BCUT2D eigenvalue weighted by molar-refractivity contribution is -0.226. The van der Waals surface area contributed by atoms with Crippen LogP contribution in [-0.4, -0.2) is 48.4 Å². The Bertz CT molecular complexity index is 183. The molecule has 3 radical (unpaired) electrons. The van der Waals surface area contributed by atoms with Crippen molar-refractivity contribution in [2.24, 2.45) is 0 Å². The van der Waals surface area contributed by atoms with Crippen molar-refractivity contribution in [3.63, 3.8) is 0 Å². The molecule has 0 heterocycles. The summed E-state index contributed by atoms with van der Waals surface area (Å²) >= 11 is 0. The van der Waals surface area contributed by atoms with Gasteiger partial charge in [0.2, 0.25) is 0 Å². The Morgan fingerprint density at radius 1 is 0.941 bits per heavy atom. The first kappa shape index (κ1) is 17.1. The third-order valence-electron chi connectivity index (χ3n) is 2.09. The van der Waals surface area contributed by atoms with Crippen molar-refractivity contribution in [3.05, 3.63) is 0 Å². The monoisotopic (exact) mass is 261 g/mol. The van der Waals surface area contributed by atoms with Gasteiger partial charge in [0.15, 0.2) is 6.29 Å². The summed E-state index contributed by atoms with van der Waals surface area (Å²) in [5, 5.41) is 0. The second kappa shape index (κ2) is 8.21. The number of methoxy groups -OCH3 is 2. The molecule has 0 N–H and O–H groups in total. The van der Waals surface area contributed by atoms with Crippen LogP contribution in [0.15, 0.2) is 0 Å². The minimum atomic E-state index is -0.780. The topological polar surface area (TPSA) is 36.9 Å². The predicted molar refractivity (Wildman–Crippen MR) is 68.0 cm³/mol. The van der Waals surface area contributed by atoms with Crippen molar-refractivity contribution in [1.82, 2.24) is 0 Å². The fraction of sp³-hybridized carbons (Fsp3) is 1.00. The highest BCUT2D eigenvalue weighted by Crippen LogP contribution is 2.22. The van der Waals surface area contributed by atoms with Crippen molar-refractivity contribution in [2.45, 2.75) is 64.4 Å². The molecule has 0 aromatic carbocycles. The summed E-state index contributed by atoms with van der Waals surface area (Å²) in [7, 11) is 6.82. The molecule has 0 fully saturated rings. The second-order valence-electron chi connectivity index (χ2n) is 4.53. The molecule has 0 bridgehead atoms. The highest BCUT2D eigenvalue weighted by Gasteiger charge is 2.29. The van der Waals surface area contributed by atoms with E-state index in [1.807, 2.05) is 27.7 Å². The van der Waals surface area contributed by atoms with Crippen LogP contribution in [0, 0.1) is 0 Å². The van der Waals surface area contributed by atoms with Gasteiger partial charge in [-0.2, -0.15) is 0 Å². The summed E-state index contributed by atoms with van der Waals surface area (Å²) in [5.41, 5.74) is -0.780. The molecular weight excluding hydrogens is 236 g/mol. The van der Waals surface area contributed by atoms with E-state index in [0.717, 1.165) is 0 Å². The second-order valence-corrected chi connectivity index (χ2v) is 5.29. The summed E-state index contributed by atoms with van der Waals surface area (Å²) in [5.74, 6) is 0. The van der Waals surface area contributed by atoms with Crippen LogP contribution in [0.1, 0.15) is 40.5 Å². The maximum atomic E-state index is 5.77.